The van der Waals surface area contributed by atoms with E-state index in [1.807, 2.05) is 0 Å². The highest BCUT2D eigenvalue weighted by Crippen LogP contribution is 2.26. The van der Waals surface area contributed by atoms with Crippen LogP contribution in [0.4, 0.5) is 0 Å². The fraction of sp³-hybridized carbons (Fsp3) is 0.941. The summed E-state index contributed by atoms with van der Waals surface area (Å²) < 4.78 is 0. The number of nitrogens with one attached hydrogen (secondary N) is 1. The van der Waals surface area contributed by atoms with Gasteiger partial charge in [-0.1, -0.05) is 0 Å². The molecule has 3 saturated heterocycles. The lowest BCUT2D eigenvalue weighted by atomic mass is 9.88. The Labute approximate surface area is 153 Å². The first-order chi connectivity index (χ1) is 10.2. The second-order valence-electron chi connectivity index (χ2n) is 7.46. The van der Waals surface area contributed by atoms with Crippen molar-refractivity contribution in [1.29, 1.82) is 0 Å². The van der Waals surface area contributed by atoms with Crippen molar-refractivity contribution in [2.45, 2.75) is 57.4 Å². The van der Waals surface area contributed by atoms with Crippen LogP contribution in [0.15, 0.2) is 0 Å². The van der Waals surface area contributed by atoms with Crippen molar-refractivity contribution in [3.05, 3.63) is 0 Å². The lowest BCUT2D eigenvalue weighted by molar-refractivity contribution is -0.140. The molecule has 3 rings (SSSR count). The number of likely N-dealkylation sites (tertiary alicyclic amines) is 2. The zero-order valence-corrected chi connectivity index (χ0v) is 16.0. The van der Waals surface area contributed by atoms with E-state index in [1.54, 1.807) is 0 Å². The maximum absolute atomic E-state index is 12.8. The molecule has 0 aromatic rings. The number of hydrogen-bond acceptors (Lipinski definition) is 3. The van der Waals surface area contributed by atoms with Crippen LogP contribution in [0.1, 0.15) is 51.9 Å². The molecule has 0 saturated carbocycles. The Balaban J connectivity index is 0.00000132. The van der Waals surface area contributed by atoms with Gasteiger partial charge in [0.25, 0.3) is 0 Å². The molecule has 3 fully saturated rings. The zero-order chi connectivity index (χ0) is 14.7. The Hall–Kier alpha value is -0.0300. The summed E-state index contributed by atoms with van der Waals surface area (Å²) in [6.07, 6.45) is 8.53. The van der Waals surface area contributed by atoms with Crippen molar-refractivity contribution in [2.24, 2.45) is 5.92 Å². The molecule has 23 heavy (non-hydrogen) atoms. The van der Waals surface area contributed by atoms with Crippen molar-refractivity contribution in [1.82, 2.24) is 15.1 Å². The van der Waals surface area contributed by atoms with Gasteiger partial charge >= 0.3 is 0 Å². The van der Waals surface area contributed by atoms with Crippen LogP contribution >= 0.6 is 24.8 Å². The molecule has 0 radical (unpaired) electrons. The minimum absolute atomic E-state index is 0. The van der Waals surface area contributed by atoms with Gasteiger partial charge in [-0.15, -0.1) is 24.8 Å². The van der Waals surface area contributed by atoms with E-state index in [1.165, 1.54) is 58.2 Å². The monoisotopic (exact) mass is 365 g/mol. The molecular formula is C17H33Cl2N3O. The average molecular weight is 366 g/mol. The van der Waals surface area contributed by atoms with Crippen LogP contribution in [0.5, 0.6) is 0 Å². The number of piperidine rings is 2. The molecule has 0 spiro atoms. The molecule has 0 aliphatic carbocycles. The van der Waals surface area contributed by atoms with Gasteiger partial charge in [-0.05, 0) is 77.4 Å². The highest BCUT2D eigenvalue weighted by atomic mass is 35.5. The summed E-state index contributed by atoms with van der Waals surface area (Å²) in [7, 11) is 0. The van der Waals surface area contributed by atoms with E-state index in [9.17, 15) is 4.79 Å². The average Bonchev–Trinajstić information content (AvgIpc) is 3.01. The third kappa shape index (κ3) is 5.22. The van der Waals surface area contributed by atoms with E-state index in [-0.39, 0.29) is 30.4 Å². The second kappa shape index (κ2) is 9.45. The number of rotatable bonds is 3. The Morgan fingerprint density at radius 1 is 1.04 bits per heavy atom. The standard InChI is InChI=1S/C17H31N3O.2ClH/c1-17(8-2-3-9-18-17)16(21)20-12-6-15(7-13-20)14-19-10-4-5-11-19;;/h15,18H,2-14H2,1H3;2*1H. The summed E-state index contributed by atoms with van der Waals surface area (Å²) in [5.74, 6) is 1.15. The normalized spacial score (nSPS) is 29.7. The van der Waals surface area contributed by atoms with Crippen LogP contribution in [-0.2, 0) is 4.79 Å². The number of amides is 1. The molecule has 3 aliphatic heterocycles. The Morgan fingerprint density at radius 2 is 1.70 bits per heavy atom. The largest absolute Gasteiger partial charge is 0.341 e. The van der Waals surface area contributed by atoms with Crippen LogP contribution in [0.2, 0.25) is 0 Å². The van der Waals surface area contributed by atoms with Crippen LogP contribution in [0.25, 0.3) is 0 Å². The van der Waals surface area contributed by atoms with Gasteiger partial charge in [0, 0.05) is 19.6 Å². The molecule has 4 nitrogen and oxygen atoms in total. The summed E-state index contributed by atoms with van der Waals surface area (Å²) >= 11 is 0. The minimum Gasteiger partial charge on any atom is -0.341 e. The van der Waals surface area contributed by atoms with Gasteiger partial charge in [0.05, 0.1) is 5.54 Å². The van der Waals surface area contributed by atoms with Crippen molar-refractivity contribution in [3.63, 3.8) is 0 Å². The third-order valence-electron chi connectivity index (χ3n) is 5.71. The molecule has 6 heteroatoms. The Bertz CT molecular complexity index is 361. The molecule has 0 aromatic heterocycles. The Kier molecular flexibility index (Phi) is 8.64. The maximum atomic E-state index is 12.8. The van der Waals surface area contributed by atoms with Crippen molar-refractivity contribution in [3.8, 4) is 0 Å². The summed E-state index contributed by atoms with van der Waals surface area (Å²) in [4.78, 5) is 17.5. The van der Waals surface area contributed by atoms with Gasteiger partial charge in [0.2, 0.25) is 5.91 Å². The number of carbonyl (C=O) groups is 1. The first kappa shape index (κ1) is 21.0. The summed E-state index contributed by atoms with van der Waals surface area (Å²) in [6.45, 7) is 8.88. The SMILES string of the molecule is CC1(C(=O)N2CCC(CN3CCCC3)CC2)CCCCN1.Cl.Cl. The highest BCUT2D eigenvalue weighted by Gasteiger charge is 2.38. The van der Waals surface area contributed by atoms with Gasteiger partial charge in [0.15, 0.2) is 0 Å². The zero-order valence-electron chi connectivity index (χ0n) is 14.4. The van der Waals surface area contributed by atoms with Gasteiger partial charge in [-0.25, -0.2) is 0 Å². The predicted octanol–water partition coefficient (Wildman–Crippen LogP) is 2.70. The van der Waals surface area contributed by atoms with E-state index in [2.05, 4.69) is 22.0 Å². The number of nitrogens with zero attached hydrogens (tertiary/aromatic N) is 2. The molecule has 1 amide bonds. The summed E-state index contributed by atoms with van der Waals surface area (Å²) in [5.41, 5.74) is -0.292. The lowest BCUT2D eigenvalue weighted by Crippen LogP contribution is -2.59. The molecular weight excluding hydrogens is 333 g/mol. The van der Waals surface area contributed by atoms with Crippen LogP contribution in [-0.4, -0.2) is 60.5 Å². The molecule has 136 valence electrons. The van der Waals surface area contributed by atoms with Crippen molar-refractivity contribution in [2.75, 3.05) is 39.3 Å². The summed E-state index contributed by atoms with van der Waals surface area (Å²) in [5, 5.41) is 3.46. The van der Waals surface area contributed by atoms with Gasteiger partial charge in [-0.3, -0.25) is 4.79 Å². The van der Waals surface area contributed by atoms with Gasteiger partial charge in [-0.2, -0.15) is 0 Å². The fourth-order valence-corrected chi connectivity index (χ4v) is 4.24. The second-order valence-corrected chi connectivity index (χ2v) is 7.46. The lowest BCUT2D eigenvalue weighted by Gasteiger charge is -2.41. The molecule has 0 bridgehead atoms. The van der Waals surface area contributed by atoms with Gasteiger partial charge < -0.3 is 15.1 Å². The number of carbonyl (C=O) groups excluding carboxylic acids is 1. The van der Waals surface area contributed by atoms with Crippen molar-refractivity contribution < 1.29 is 4.79 Å². The molecule has 3 aliphatic rings. The minimum atomic E-state index is -0.292. The smallest absolute Gasteiger partial charge is 0.242 e. The maximum Gasteiger partial charge on any atom is 0.242 e. The predicted molar refractivity (Wildman–Crippen MR) is 99.7 cm³/mol. The van der Waals surface area contributed by atoms with E-state index >= 15 is 0 Å². The van der Waals surface area contributed by atoms with E-state index in [4.69, 9.17) is 0 Å². The summed E-state index contributed by atoms with van der Waals surface area (Å²) in [6, 6.07) is 0. The molecule has 1 atom stereocenters. The quantitative estimate of drug-likeness (QED) is 0.834. The molecule has 1 unspecified atom stereocenters. The topological polar surface area (TPSA) is 35.6 Å². The fourth-order valence-electron chi connectivity index (χ4n) is 4.24. The van der Waals surface area contributed by atoms with Crippen LogP contribution in [0, 0.1) is 5.92 Å². The van der Waals surface area contributed by atoms with E-state index < -0.39 is 0 Å². The highest BCUT2D eigenvalue weighted by molar-refractivity contribution is 5.86. The first-order valence-corrected chi connectivity index (χ1v) is 8.94. The van der Waals surface area contributed by atoms with E-state index in [0.717, 1.165) is 32.0 Å². The molecule has 0 aromatic carbocycles. The van der Waals surface area contributed by atoms with Crippen LogP contribution in [0.3, 0.4) is 0 Å². The molecule has 1 N–H and O–H groups in total. The van der Waals surface area contributed by atoms with Crippen LogP contribution < -0.4 is 5.32 Å². The number of halogens is 2. The number of hydrogen-bond donors (Lipinski definition) is 1. The van der Waals surface area contributed by atoms with Crippen molar-refractivity contribution >= 4 is 30.7 Å². The first-order valence-electron chi connectivity index (χ1n) is 8.94. The third-order valence-corrected chi connectivity index (χ3v) is 5.71. The molecule has 3 heterocycles. The van der Waals surface area contributed by atoms with E-state index in [0.29, 0.717) is 5.91 Å². The Morgan fingerprint density at radius 3 is 2.26 bits per heavy atom. The van der Waals surface area contributed by atoms with Gasteiger partial charge in [0.1, 0.15) is 0 Å².